The molecule has 0 bridgehead atoms. The second kappa shape index (κ2) is 5.27. The van der Waals surface area contributed by atoms with Crippen molar-refractivity contribution in [2.45, 2.75) is 31.3 Å². The smallest absolute Gasteiger partial charge is 0.158 e. The van der Waals surface area contributed by atoms with Crippen LogP contribution < -0.4 is 5.32 Å². The Bertz CT molecular complexity index is 629. The van der Waals surface area contributed by atoms with E-state index >= 15 is 0 Å². The maximum absolute atomic E-state index is 9.55. The van der Waals surface area contributed by atoms with Gasteiger partial charge < -0.3 is 10.4 Å². The van der Waals surface area contributed by atoms with Gasteiger partial charge in [-0.3, -0.25) is 5.10 Å². The zero-order valence-corrected chi connectivity index (χ0v) is 10.7. The first kappa shape index (κ1) is 12.6. The highest BCUT2D eigenvalue weighted by atomic mass is 16.3. The van der Waals surface area contributed by atoms with Crippen LogP contribution in [0.2, 0.25) is 0 Å². The molecule has 7 heteroatoms. The zero-order chi connectivity index (χ0) is 13.9. The van der Waals surface area contributed by atoms with Gasteiger partial charge in [-0.05, 0) is 19.3 Å². The lowest BCUT2D eigenvalue weighted by molar-refractivity contribution is 0.181. The third kappa shape index (κ3) is 2.60. The third-order valence-electron chi connectivity index (χ3n) is 3.45. The van der Waals surface area contributed by atoms with Gasteiger partial charge in [0.2, 0.25) is 0 Å². The van der Waals surface area contributed by atoms with Crippen LogP contribution in [0, 0.1) is 11.3 Å². The minimum atomic E-state index is -0.211. The Morgan fingerprint density at radius 1 is 1.35 bits per heavy atom. The molecule has 2 aromatic heterocycles. The van der Waals surface area contributed by atoms with Crippen LogP contribution >= 0.6 is 0 Å². The molecule has 1 aliphatic carbocycles. The van der Waals surface area contributed by atoms with Crippen LogP contribution in [0.3, 0.4) is 0 Å². The monoisotopic (exact) mass is 270 g/mol. The van der Waals surface area contributed by atoms with Gasteiger partial charge in [-0.25, -0.2) is 9.97 Å². The first-order valence-electron chi connectivity index (χ1n) is 6.47. The Balaban J connectivity index is 1.69. The molecule has 3 N–H and O–H groups in total. The normalized spacial score (nSPS) is 21.6. The van der Waals surface area contributed by atoms with E-state index in [1.807, 2.05) is 12.1 Å². The minimum Gasteiger partial charge on any atom is -0.393 e. The van der Waals surface area contributed by atoms with Gasteiger partial charge in [-0.2, -0.15) is 10.4 Å². The van der Waals surface area contributed by atoms with E-state index in [2.05, 4.69) is 25.5 Å². The highest BCUT2D eigenvalue weighted by Crippen LogP contribution is 2.34. The molecular weight excluding hydrogens is 256 g/mol. The summed E-state index contributed by atoms with van der Waals surface area (Å²) in [7, 11) is 0. The molecule has 2 atom stereocenters. The van der Waals surface area contributed by atoms with Gasteiger partial charge in [0.1, 0.15) is 17.7 Å². The van der Waals surface area contributed by atoms with Gasteiger partial charge in [-0.1, -0.05) is 0 Å². The van der Waals surface area contributed by atoms with Crippen molar-refractivity contribution in [2.75, 3.05) is 5.32 Å². The van der Waals surface area contributed by atoms with Gasteiger partial charge in [0.15, 0.2) is 5.69 Å². The predicted octanol–water partition coefficient (Wildman–Crippen LogP) is 1.44. The molecule has 1 saturated carbocycles. The standard InChI is InChI=1S/C13H14N6O/c14-5-9-6-16-13(7-15-9)17-12-4-11(18-19-12)8-1-2-10(20)3-8/h4,6-8,10,20H,1-3H2,(H2,16,17,18,19)/t8-,10+/m0/s1. The Hall–Kier alpha value is -2.46. The SMILES string of the molecule is N#Cc1cnc(Nc2cc([C@H]3CC[C@@H](O)C3)n[nH]2)cn1. The number of hydrogen-bond donors (Lipinski definition) is 3. The predicted molar refractivity (Wildman–Crippen MR) is 71.2 cm³/mol. The number of aromatic amines is 1. The number of nitriles is 1. The maximum atomic E-state index is 9.55. The number of aliphatic hydroxyl groups is 1. The average molecular weight is 270 g/mol. The zero-order valence-electron chi connectivity index (χ0n) is 10.7. The van der Waals surface area contributed by atoms with Crippen molar-refractivity contribution >= 4 is 11.6 Å². The molecule has 0 saturated heterocycles. The Morgan fingerprint density at radius 2 is 2.25 bits per heavy atom. The molecule has 2 aromatic rings. The van der Waals surface area contributed by atoms with Crippen LogP contribution in [-0.2, 0) is 0 Å². The summed E-state index contributed by atoms with van der Waals surface area (Å²) in [6.45, 7) is 0. The van der Waals surface area contributed by atoms with E-state index in [9.17, 15) is 5.11 Å². The molecular formula is C13H14N6O. The van der Waals surface area contributed by atoms with Crippen LogP contribution in [-0.4, -0.2) is 31.4 Å². The molecule has 1 aliphatic rings. The van der Waals surface area contributed by atoms with Crippen molar-refractivity contribution in [2.24, 2.45) is 0 Å². The number of anilines is 2. The van der Waals surface area contributed by atoms with Crippen LogP contribution in [0.5, 0.6) is 0 Å². The summed E-state index contributed by atoms with van der Waals surface area (Å²) in [5, 5.41) is 28.4. The van der Waals surface area contributed by atoms with Gasteiger partial charge in [0, 0.05) is 12.0 Å². The summed E-state index contributed by atoms with van der Waals surface area (Å²) in [6.07, 6.45) is 5.26. The van der Waals surface area contributed by atoms with E-state index < -0.39 is 0 Å². The molecule has 7 nitrogen and oxygen atoms in total. The highest BCUT2D eigenvalue weighted by molar-refractivity contribution is 5.51. The molecule has 0 spiro atoms. The van der Waals surface area contributed by atoms with Gasteiger partial charge in [0.25, 0.3) is 0 Å². The van der Waals surface area contributed by atoms with Crippen molar-refractivity contribution in [3.8, 4) is 6.07 Å². The average Bonchev–Trinajstić information content (AvgIpc) is 3.09. The maximum Gasteiger partial charge on any atom is 0.158 e. The third-order valence-corrected chi connectivity index (χ3v) is 3.45. The summed E-state index contributed by atoms with van der Waals surface area (Å²) in [6, 6.07) is 3.84. The number of rotatable bonds is 3. The molecule has 0 aliphatic heterocycles. The Labute approximate surface area is 115 Å². The van der Waals surface area contributed by atoms with Crippen molar-refractivity contribution in [1.29, 1.82) is 5.26 Å². The van der Waals surface area contributed by atoms with Crippen molar-refractivity contribution in [3.05, 3.63) is 29.8 Å². The molecule has 102 valence electrons. The lowest BCUT2D eigenvalue weighted by atomic mass is 10.0. The molecule has 20 heavy (non-hydrogen) atoms. The van der Waals surface area contributed by atoms with E-state index in [-0.39, 0.29) is 11.8 Å². The fourth-order valence-electron chi connectivity index (χ4n) is 2.43. The quantitative estimate of drug-likeness (QED) is 0.778. The summed E-state index contributed by atoms with van der Waals surface area (Å²) in [5.74, 6) is 1.58. The van der Waals surface area contributed by atoms with Crippen molar-refractivity contribution < 1.29 is 5.11 Å². The van der Waals surface area contributed by atoms with Gasteiger partial charge in [0.05, 0.1) is 24.2 Å². The van der Waals surface area contributed by atoms with E-state index in [1.165, 1.54) is 12.4 Å². The molecule has 0 unspecified atom stereocenters. The fraction of sp³-hybridized carbons (Fsp3) is 0.385. The van der Waals surface area contributed by atoms with E-state index in [4.69, 9.17) is 5.26 Å². The van der Waals surface area contributed by atoms with Crippen molar-refractivity contribution in [1.82, 2.24) is 20.2 Å². The highest BCUT2D eigenvalue weighted by Gasteiger charge is 2.26. The largest absolute Gasteiger partial charge is 0.393 e. The molecule has 1 fully saturated rings. The van der Waals surface area contributed by atoms with Crippen molar-refractivity contribution in [3.63, 3.8) is 0 Å². The van der Waals surface area contributed by atoms with Gasteiger partial charge in [-0.15, -0.1) is 0 Å². The van der Waals surface area contributed by atoms with E-state index in [0.717, 1.165) is 30.8 Å². The minimum absolute atomic E-state index is 0.211. The van der Waals surface area contributed by atoms with E-state index in [1.54, 1.807) is 0 Å². The number of hydrogen-bond acceptors (Lipinski definition) is 6. The number of nitrogens with one attached hydrogen (secondary N) is 2. The van der Waals surface area contributed by atoms with E-state index in [0.29, 0.717) is 11.7 Å². The first-order valence-corrected chi connectivity index (χ1v) is 6.47. The summed E-state index contributed by atoms with van der Waals surface area (Å²) >= 11 is 0. The lowest BCUT2D eigenvalue weighted by Crippen LogP contribution is -1.99. The Morgan fingerprint density at radius 3 is 2.90 bits per heavy atom. The van der Waals surface area contributed by atoms with Crippen LogP contribution in [0.4, 0.5) is 11.6 Å². The number of nitrogens with zero attached hydrogens (tertiary/aromatic N) is 4. The van der Waals surface area contributed by atoms with Crippen LogP contribution in [0.15, 0.2) is 18.5 Å². The number of aromatic nitrogens is 4. The topological polar surface area (TPSA) is 111 Å². The molecule has 0 radical (unpaired) electrons. The van der Waals surface area contributed by atoms with Crippen LogP contribution in [0.25, 0.3) is 0 Å². The first-order chi connectivity index (χ1) is 9.74. The molecule has 0 aromatic carbocycles. The summed E-state index contributed by atoms with van der Waals surface area (Å²) in [5.41, 5.74) is 1.23. The summed E-state index contributed by atoms with van der Waals surface area (Å²) < 4.78 is 0. The molecule has 3 rings (SSSR count). The van der Waals surface area contributed by atoms with Gasteiger partial charge >= 0.3 is 0 Å². The summed E-state index contributed by atoms with van der Waals surface area (Å²) in [4.78, 5) is 8.01. The second-order valence-corrected chi connectivity index (χ2v) is 4.89. The van der Waals surface area contributed by atoms with Crippen LogP contribution in [0.1, 0.15) is 36.6 Å². The number of aliphatic hydroxyl groups excluding tert-OH is 1. The molecule has 2 heterocycles. The fourth-order valence-corrected chi connectivity index (χ4v) is 2.43. The number of H-pyrrole nitrogens is 1. The molecule has 0 amide bonds. The Kier molecular flexibility index (Phi) is 3.31. The second-order valence-electron chi connectivity index (χ2n) is 4.89. The lowest BCUT2D eigenvalue weighted by Gasteiger charge is -2.03.